The van der Waals surface area contributed by atoms with Crippen molar-refractivity contribution in [1.29, 1.82) is 0 Å². The van der Waals surface area contributed by atoms with Crippen molar-refractivity contribution < 1.29 is 0 Å². The fourth-order valence-electron chi connectivity index (χ4n) is 3.04. The molecule has 0 N–H and O–H groups in total. The normalized spacial score (nSPS) is 24.5. The topological polar surface area (TPSA) is 25.8 Å². The Morgan fingerprint density at radius 1 is 1.17 bits per heavy atom. The maximum absolute atomic E-state index is 4.43. The van der Waals surface area contributed by atoms with E-state index in [-0.39, 0.29) is 0 Å². The van der Waals surface area contributed by atoms with Gasteiger partial charge in [0, 0.05) is 0 Å². The first-order valence-corrected chi connectivity index (χ1v) is 7.76. The largest absolute Gasteiger partial charge is 0.173 e. The summed E-state index contributed by atoms with van der Waals surface area (Å²) in [7, 11) is 0. The molecule has 0 unspecified atom stereocenters. The molecule has 0 radical (unpaired) electrons. The molecule has 1 aliphatic rings. The highest BCUT2D eigenvalue weighted by Gasteiger charge is 2.18. The molecule has 1 saturated carbocycles. The van der Waals surface area contributed by atoms with E-state index in [9.17, 15) is 0 Å². The fourth-order valence-corrected chi connectivity index (χ4v) is 3.61. The van der Waals surface area contributed by atoms with Gasteiger partial charge in [0.05, 0.1) is 11.7 Å². The Morgan fingerprint density at radius 2 is 2.00 bits per heavy atom. The lowest BCUT2D eigenvalue weighted by Gasteiger charge is -2.26. The van der Waals surface area contributed by atoms with Crippen LogP contribution in [0.25, 0.3) is 11.0 Å². The summed E-state index contributed by atoms with van der Waals surface area (Å²) in [5.41, 5.74) is 3.58. The van der Waals surface area contributed by atoms with E-state index in [0.717, 1.165) is 22.9 Å². The second kappa shape index (κ2) is 5.35. The van der Waals surface area contributed by atoms with Gasteiger partial charge in [-0.05, 0) is 36.3 Å². The Labute approximate surface area is 113 Å². The SMILES string of the molecule is CC1CCC(CCc2cccc3nsnc23)CC1. The fraction of sp³-hybridized carbons (Fsp3) is 0.600. The number of nitrogens with zero attached hydrogens (tertiary/aromatic N) is 2. The molecule has 1 heterocycles. The molecule has 0 spiro atoms. The van der Waals surface area contributed by atoms with Crippen molar-refractivity contribution in [2.24, 2.45) is 11.8 Å². The highest BCUT2D eigenvalue weighted by Crippen LogP contribution is 2.31. The number of fused-ring (bicyclic) bond motifs is 1. The number of rotatable bonds is 3. The molecule has 0 saturated heterocycles. The van der Waals surface area contributed by atoms with Crippen molar-refractivity contribution in [2.75, 3.05) is 0 Å². The Bertz CT molecular complexity index is 512. The molecule has 2 nitrogen and oxygen atoms in total. The zero-order valence-electron chi connectivity index (χ0n) is 10.9. The Morgan fingerprint density at radius 3 is 2.83 bits per heavy atom. The number of benzene rings is 1. The third kappa shape index (κ3) is 2.56. The molecule has 1 aliphatic carbocycles. The zero-order chi connectivity index (χ0) is 12.4. The first-order chi connectivity index (χ1) is 8.83. The molecule has 96 valence electrons. The summed E-state index contributed by atoms with van der Waals surface area (Å²) < 4.78 is 8.74. The second-order valence-corrected chi connectivity index (χ2v) is 6.24. The quantitative estimate of drug-likeness (QED) is 0.814. The number of aryl methyl sites for hydroxylation is 1. The van der Waals surface area contributed by atoms with E-state index >= 15 is 0 Å². The predicted molar refractivity (Wildman–Crippen MR) is 76.9 cm³/mol. The van der Waals surface area contributed by atoms with Gasteiger partial charge >= 0.3 is 0 Å². The van der Waals surface area contributed by atoms with Crippen molar-refractivity contribution in [2.45, 2.75) is 45.4 Å². The average molecular weight is 260 g/mol. The predicted octanol–water partition coefficient (Wildman–Crippen LogP) is 4.45. The summed E-state index contributed by atoms with van der Waals surface area (Å²) in [5, 5.41) is 0. The smallest absolute Gasteiger partial charge is 0.107 e. The van der Waals surface area contributed by atoms with Gasteiger partial charge in [-0.1, -0.05) is 44.7 Å². The molecule has 3 rings (SSSR count). The lowest BCUT2D eigenvalue weighted by Crippen LogP contribution is -2.12. The molecule has 2 aromatic rings. The maximum atomic E-state index is 4.43. The third-order valence-electron chi connectivity index (χ3n) is 4.33. The highest BCUT2D eigenvalue weighted by molar-refractivity contribution is 7.00. The van der Waals surface area contributed by atoms with Crippen molar-refractivity contribution in [3.05, 3.63) is 23.8 Å². The van der Waals surface area contributed by atoms with Crippen LogP contribution >= 0.6 is 11.7 Å². The summed E-state index contributed by atoms with van der Waals surface area (Å²) in [6.45, 7) is 2.39. The molecule has 18 heavy (non-hydrogen) atoms. The van der Waals surface area contributed by atoms with Crippen LogP contribution in [0.15, 0.2) is 18.2 Å². The number of hydrogen-bond acceptors (Lipinski definition) is 3. The van der Waals surface area contributed by atoms with Crippen LogP contribution in [-0.4, -0.2) is 8.75 Å². The van der Waals surface area contributed by atoms with Crippen LogP contribution in [0.3, 0.4) is 0 Å². The highest BCUT2D eigenvalue weighted by atomic mass is 32.1. The van der Waals surface area contributed by atoms with Crippen molar-refractivity contribution in [3.8, 4) is 0 Å². The molecule has 0 aliphatic heterocycles. The molecule has 3 heteroatoms. The van der Waals surface area contributed by atoms with Gasteiger partial charge < -0.3 is 0 Å². The summed E-state index contributed by atoms with van der Waals surface area (Å²) in [6, 6.07) is 6.39. The summed E-state index contributed by atoms with van der Waals surface area (Å²) in [6.07, 6.45) is 8.18. The molecule has 1 aromatic heterocycles. The van der Waals surface area contributed by atoms with Gasteiger partial charge in [0.1, 0.15) is 11.0 Å². The molecule has 0 bridgehead atoms. The van der Waals surface area contributed by atoms with E-state index in [1.165, 1.54) is 55.8 Å². The lowest BCUT2D eigenvalue weighted by molar-refractivity contribution is 0.278. The third-order valence-corrected chi connectivity index (χ3v) is 4.87. The van der Waals surface area contributed by atoms with E-state index < -0.39 is 0 Å². The monoisotopic (exact) mass is 260 g/mol. The molecular formula is C15H20N2S. The Hall–Kier alpha value is -0.960. The van der Waals surface area contributed by atoms with Crippen LogP contribution in [0.1, 0.15) is 44.6 Å². The Balaban J connectivity index is 1.64. The first-order valence-electron chi connectivity index (χ1n) is 7.03. The van der Waals surface area contributed by atoms with E-state index in [0.29, 0.717) is 0 Å². The van der Waals surface area contributed by atoms with Crippen LogP contribution < -0.4 is 0 Å². The summed E-state index contributed by atoms with van der Waals surface area (Å²) in [5.74, 6) is 1.88. The Kier molecular flexibility index (Phi) is 3.59. The van der Waals surface area contributed by atoms with Crippen LogP contribution in [0, 0.1) is 11.8 Å². The van der Waals surface area contributed by atoms with Gasteiger partial charge in [0.25, 0.3) is 0 Å². The lowest BCUT2D eigenvalue weighted by atomic mass is 9.80. The van der Waals surface area contributed by atoms with Crippen LogP contribution in [-0.2, 0) is 6.42 Å². The minimum absolute atomic E-state index is 0.933. The van der Waals surface area contributed by atoms with Crippen molar-refractivity contribution >= 4 is 22.8 Å². The standard InChI is InChI=1S/C15H20N2S/c1-11-5-7-12(8-6-11)9-10-13-3-2-4-14-15(13)17-18-16-14/h2-4,11-12H,5-10H2,1H3. The van der Waals surface area contributed by atoms with Gasteiger partial charge in [-0.2, -0.15) is 8.75 Å². The second-order valence-electron chi connectivity index (χ2n) is 5.71. The van der Waals surface area contributed by atoms with E-state index in [4.69, 9.17) is 0 Å². The van der Waals surface area contributed by atoms with Gasteiger partial charge in [-0.3, -0.25) is 0 Å². The van der Waals surface area contributed by atoms with Crippen LogP contribution in [0.5, 0.6) is 0 Å². The molecule has 0 amide bonds. The summed E-state index contributed by atoms with van der Waals surface area (Å²) in [4.78, 5) is 0. The van der Waals surface area contributed by atoms with E-state index in [1.54, 1.807) is 0 Å². The van der Waals surface area contributed by atoms with E-state index in [1.807, 2.05) is 0 Å². The van der Waals surface area contributed by atoms with Gasteiger partial charge in [0.2, 0.25) is 0 Å². The van der Waals surface area contributed by atoms with E-state index in [2.05, 4.69) is 33.9 Å². The maximum Gasteiger partial charge on any atom is 0.107 e. The van der Waals surface area contributed by atoms with Crippen molar-refractivity contribution in [1.82, 2.24) is 8.75 Å². The first kappa shape index (κ1) is 12.1. The van der Waals surface area contributed by atoms with Crippen LogP contribution in [0.2, 0.25) is 0 Å². The number of hydrogen-bond donors (Lipinski definition) is 0. The molecule has 0 atom stereocenters. The molecular weight excluding hydrogens is 240 g/mol. The molecule has 1 fully saturated rings. The van der Waals surface area contributed by atoms with Crippen molar-refractivity contribution in [3.63, 3.8) is 0 Å². The molecule has 1 aromatic carbocycles. The van der Waals surface area contributed by atoms with Gasteiger partial charge in [0.15, 0.2) is 0 Å². The van der Waals surface area contributed by atoms with Gasteiger partial charge in [-0.25, -0.2) is 0 Å². The summed E-state index contributed by atoms with van der Waals surface area (Å²) >= 11 is 1.33. The number of aromatic nitrogens is 2. The zero-order valence-corrected chi connectivity index (χ0v) is 11.7. The minimum Gasteiger partial charge on any atom is -0.173 e. The average Bonchev–Trinajstić information content (AvgIpc) is 2.87. The van der Waals surface area contributed by atoms with Crippen LogP contribution in [0.4, 0.5) is 0 Å². The minimum atomic E-state index is 0.933. The van der Waals surface area contributed by atoms with Gasteiger partial charge in [-0.15, -0.1) is 0 Å².